The van der Waals surface area contributed by atoms with Gasteiger partial charge in [0, 0.05) is 12.5 Å². The van der Waals surface area contributed by atoms with Crippen LogP contribution in [0.25, 0.3) is 0 Å². The van der Waals surface area contributed by atoms with Crippen molar-refractivity contribution in [1.82, 2.24) is 10.6 Å². The zero-order chi connectivity index (χ0) is 13.7. The maximum Gasteiger partial charge on any atom is 0.242 e. The molecular weight excluding hydrogens is 251 g/mol. The Hall–Kier alpha value is -2.11. The predicted octanol–water partition coefficient (Wildman–Crippen LogP) is 0.599. The summed E-state index contributed by atoms with van der Waals surface area (Å²) in [5, 5.41) is 5.24. The lowest BCUT2D eigenvalue weighted by Gasteiger charge is -2.11. The molecule has 1 aliphatic rings. The first-order valence-electron chi connectivity index (χ1n) is 6.10. The summed E-state index contributed by atoms with van der Waals surface area (Å²) in [5.41, 5.74) is 0. The molecule has 0 spiro atoms. The number of nitrogens with one attached hydrogen (secondary N) is 2. The Kier molecular flexibility index (Phi) is 4.33. The average Bonchev–Trinajstić information content (AvgIpc) is 2.81. The van der Waals surface area contributed by atoms with Crippen LogP contribution >= 0.6 is 0 Å². The monoisotopic (exact) mass is 266 g/mol. The molecule has 1 aromatic rings. The van der Waals surface area contributed by atoms with Crippen molar-refractivity contribution in [2.45, 2.75) is 18.9 Å². The van der Waals surface area contributed by atoms with Crippen molar-refractivity contribution >= 4 is 11.8 Å². The molecule has 102 valence electrons. The molecule has 2 amide bonds. The van der Waals surface area contributed by atoms with E-state index in [1.54, 1.807) is 12.1 Å². The molecule has 0 bridgehead atoms. The molecule has 1 aliphatic heterocycles. The quantitative estimate of drug-likeness (QED) is 0.767. The molecule has 6 heteroatoms. The number of amides is 2. The summed E-state index contributed by atoms with van der Waals surface area (Å²) in [7, 11) is 0. The van der Waals surface area contributed by atoms with Gasteiger partial charge in [0.15, 0.2) is 0 Å². The Morgan fingerprint density at radius 3 is 3.05 bits per heavy atom. The third-order valence-electron chi connectivity index (χ3n) is 2.78. The van der Waals surface area contributed by atoms with Crippen LogP contribution in [0.5, 0.6) is 5.75 Å². The van der Waals surface area contributed by atoms with E-state index >= 15 is 0 Å². The van der Waals surface area contributed by atoms with Crippen molar-refractivity contribution < 1.29 is 18.7 Å². The second kappa shape index (κ2) is 6.17. The van der Waals surface area contributed by atoms with Crippen molar-refractivity contribution in [3.8, 4) is 5.75 Å². The highest BCUT2D eigenvalue weighted by Gasteiger charge is 2.26. The maximum atomic E-state index is 12.9. The summed E-state index contributed by atoms with van der Waals surface area (Å²) in [6, 6.07) is 5.36. The van der Waals surface area contributed by atoms with Gasteiger partial charge >= 0.3 is 0 Å². The molecule has 1 aromatic carbocycles. The largest absolute Gasteiger partial charge is 0.492 e. The Balaban J connectivity index is 1.66. The number of carbonyl (C=O) groups excluding carboxylic acids is 2. The smallest absolute Gasteiger partial charge is 0.242 e. The minimum Gasteiger partial charge on any atom is -0.492 e. The van der Waals surface area contributed by atoms with Gasteiger partial charge in [0.1, 0.15) is 24.2 Å². The fourth-order valence-corrected chi connectivity index (χ4v) is 1.83. The van der Waals surface area contributed by atoms with Crippen molar-refractivity contribution in [2.24, 2.45) is 0 Å². The van der Waals surface area contributed by atoms with Crippen LogP contribution in [0.4, 0.5) is 4.39 Å². The van der Waals surface area contributed by atoms with E-state index in [-0.39, 0.29) is 24.2 Å². The number of benzene rings is 1. The lowest BCUT2D eigenvalue weighted by Crippen LogP contribution is -2.42. The van der Waals surface area contributed by atoms with Crippen LogP contribution in [0.2, 0.25) is 0 Å². The van der Waals surface area contributed by atoms with E-state index in [1.807, 2.05) is 0 Å². The van der Waals surface area contributed by atoms with Gasteiger partial charge in [0.25, 0.3) is 0 Å². The fourth-order valence-electron chi connectivity index (χ4n) is 1.83. The SMILES string of the molecule is O=C1CCC(C(=O)NCCOc2cccc(F)c2)N1. The summed E-state index contributed by atoms with van der Waals surface area (Å²) in [6.45, 7) is 0.553. The van der Waals surface area contributed by atoms with Crippen LogP contribution in [0.3, 0.4) is 0 Å². The lowest BCUT2D eigenvalue weighted by atomic mass is 10.2. The Labute approximate surface area is 110 Å². The molecule has 1 unspecified atom stereocenters. The van der Waals surface area contributed by atoms with E-state index in [9.17, 15) is 14.0 Å². The van der Waals surface area contributed by atoms with E-state index in [0.717, 1.165) is 0 Å². The second-order valence-electron chi connectivity index (χ2n) is 4.26. The highest BCUT2D eigenvalue weighted by Crippen LogP contribution is 2.11. The molecule has 0 saturated carbocycles. The number of ether oxygens (including phenoxy) is 1. The molecule has 2 rings (SSSR count). The number of carbonyl (C=O) groups is 2. The molecule has 1 fully saturated rings. The number of hydrogen-bond acceptors (Lipinski definition) is 3. The first kappa shape index (κ1) is 13.3. The van der Waals surface area contributed by atoms with Gasteiger partial charge in [-0.2, -0.15) is 0 Å². The first-order chi connectivity index (χ1) is 9.15. The van der Waals surface area contributed by atoms with Gasteiger partial charge in [-0.15, -0.1) is 0 Å². The summed E-state index contributed by atoms with van der Waals surface area (Å²) in [4.78, 5) is 22.6. The van der Waals surface area contributed by atoms with E-state index in [1.165, 1.54) is 12.1 Å². The van der Waals surface area contributed by atoms with Crippen molar-refractivity contribution in [3.05, 3.63) is 30.1 Å². The number of hydrogen-bond donors (Lipinski definition) is 2. The average molecular weight is 266 g/mol. The molecule has 5 nitrogen and oxygen atoms in total. The minimum absolute atomic E-state index is 0.101. The van der Waals surface area contributed by atoms with Crippen LogP contribution < -0.4 is 15.4 Å². The summed E-state index contributed by atoms with van der Waals surface area (Å²) in [5.74, 6) is -0.261. The lowest BCUT2D eigenvalue weighted by molar-refractivity contribution is -0.125. The standard InChI is InChI=1S/C13H15FN2O3/c14-9-2-1-3-10(8-9)19-7-6-15-13(18)11-4-5-12(17)16-11/h1-3,8,11H,4-7H2,(H,15,18)(H,16,17). The third kappa shape index (κ3) is 3.94. The highest BCUT2D eigenvalue weighted by atomic mass is 19.1. The molecule has 0 aromatic heterocycles. The summed E-state index contributed by atoms with van der Waals surface area (Å²) < 4.78 is 18.1. The fraction of sp³-hybridized carbons (Fsp3) is 0.385. The van der Waals surface area contributed by atoms with Gasteiger partial charge in [-0.1, -0.05) is 6.07 Å². The Bertz CT molecular complexity index is 479. The van der Waals surface area contributed by atoms with Crippen LogP contribution in [-0.4, -0.2) is 31.0 Å². The van der Waals surface area contributed by atoms with Crippen LogP contribution in [-0.2, 0) is 9.59 Å². The van der Waals surface area contributed by atoms with Gasteiger partial charge in [-0.05, 0) is 18.6 Å². The summed E-state index contributed by atoms with van der Waals surface area (Å²) in [6.07, 6.45) is 0.910. The van der Waals surface area contributed by atoms with E-state index in [2.05, 4.69) is 10.6 Å². The molecule has 2 N–H and O–H groups in total. The van der Waals surface area contributed by atoms with Gasteiger partial charge in [-0.3, -0.25) is 9.59 Å². The first-order valence-corrected chi connectivity index (χ1v) is 6.10. The van der Waals surface area contributed by atoms with E-state index < -0.39 is 6.04 Å². The van der Waals surface area contributed by atoms with Crippen LogP contribution in [0.15, 0.2) is 24.3 Å². The summed E-state index contributed by atoms with van der Waals surface area (Å²) >= 11 is 0. The predicted molar refractivity (Wildman–Crippen MR) is 66.1 cm³/mol. The van der Waals surface area contributed by atoms with Gasteiger partial charge in [-0.25, -0.2) is 4.39 Å². The topological polar surface area (TPSA) is 67.4 Å². The van der Waals surface area contributed by atoms with Gasteiger partial charge < -0.3 is 15.4 Å². The molecule has 1 atom stereocenters. The zero-order valence-electron chi connectivity index (χ0n) is 10.3. The molecule has 19 heavy (non-hydrogen) atoms. The van der Waals surface area contributed by atoms with Crippen LogP contribution in [0, 0.1) is 5.82 Å². The maximum absolute atomic E-state index is 12.9. The second-order valence-corrected chi connectivity index (χ2v) is 4.26. The minimum atomic E-state index is -0.443. The molecule has 1 saturated heterocycles. The highest BCUT2D eigenvalue weighted by molar-refractivity contribution is 5.90. The molecule has 0 aliphatic carbocycles. The van der Waals surface area contributed by atoms with Crippen LogP contribution in [0.1, 0.15) is 12.8 Å². The zero-order valence-corrected chi connectivity index (χ0v) is 10.3. The van der Waals surface area contributed by atoms with Gasteiger partial charge in [0.05, 0.1) is 6.54 Å². The number of rotatable bonds is 5. The normalized spacial score (nSPS) is 17.9. The van der Waals surface area contributed by atoms with E-state index in [4.69, 9.17) is 4.74 Å². The van der Waals surface area contributed by atoms with Crippen molar-refractivity contribution in [3.63, 3.8) is 0 Å². The van der Waals surface area contributed by atoms with E-state index in [0.29, 0.717) is 25.1 Å². The molecule has 1 heterocycles. The van der Waals surface area contributed by atoms with Crippen molar-refractivity contribution in [2.75, 3.05) is 13.2 Å². The Morgan fingerprint density at radius 2 is 2.37 bits per heavy atom. The molecular formula is C13H15FN2O3. The Morgan fingerprint density at radius 1 is 1.53 bits per heavy atom. The third-order valence-corrected chi connectivity index (χ3v) is 2.78. The number of halogens is 1. The molecule has 0 radical (unpaired) electrons. The van der Waals surface area contributed by atoms with Crippen molar-refractivity contribution in [1.29, 1.82) is 0 Å². The van der Waals surface area contributed by atoms with Gasteiger partial charge in [0.2, 0.25) is 11.8 Å².